The highest BCUT2D eigenvalue weighted by atomic mass is 19.1. The molecule has 0 heterocycles. The minimum absolute atomic E-state index is 0.496. The van der Waals surface area contributed by atoms with Crippen molar-refractivity contribution in [2.75, 3.05) is 0 Å². The maximum atomic E-state index is 13.2. The van der Waals surface area contributed by atoms with Gasteiger partial charge >= 0.3 is 0 Å². The van der Waals surface area contributed by atoms with Gasteiger partial charge in [-0.25, -0.2) is 4.39 Å². The fourth-order valence-electron chi connectivity index (χ4n) is 1.46. The first-order chi connectivity index (χ1) is 6.48. The van der Waals surface area contributed by atoms with E-state index in [1.54, 1.807) is 0 Å². The standard InChI is InChI=1S/C12H25FO/c1-4-5-6-7-8-9-10-11(13)12(2,3)14/h11,14H,4-10H2,1-3H3/t11-/m1/s1. The smallest absolute Gasteiger partial charge is 0.128 e. The largest absolute Gasteiger partial charge is 0.387 e. The Bertz CT molecular complexity index is 129. The molecule has 0 radical (unpaired) electrons. The lowest BCUT2D eigenvalue weighted by Gasteiger charge is -2.22. The normalized spacial score (nSPS) is 14.4. The zero-order chi connectivity index (χ0) is 11.0. The summed E-state index contributed by atoms with van der Waals surface area (Å²) in [7, 11) is 0. The van der Waals surface area contributed by atoms with Crippen LogP contribution in [0.3, 0.4) is 0 Å². The average molecular weight is 204 g/mol. The number of halogens is 1. The molecule has 86 valence electrons. The molecule has 1 atom stereocenters. The molecule has 0 amide bonds. The van der Waals surface area contributed by atoms with Crippen LogP contribution in [0.15, 0.2) is 0 Å². The minimum atomic E-state index is -1.16. The minimum Gasteiger partial charge on any atom is -0.387 e. The molecule has 0 aromatic carbocycles. The first-order valence-corrected chi connectivity index (χ1v) is 5.85. The van der Waals surface area contributed by atoms with Gasteiger partial charge in [0, 0.05) is 0 Å². The monoisotopic (exact) mass is 204 g/mol. The summed E-state index contributed by atoms with van der Waals surface area (Å²) in [6.07, 6.45) is 6.40. The molecule has 1 nitrogen and oxygen atoms in total. The van der Waals surface area contributed by atoms with Crippen molar-refractivity contribution in [1.29, 1.82) is 0 Å². The SMILES string of the molecule is CCCCCCCC[C@@H](F)C(C)(C)O. The molecule has 0 aliphatic carbocycles. The summed E-state index contributed by atoms with van der Waals surface area (Å²) < 4.78 is 13.2. The Kier molecular flexibility index (Phi) is 7.16. The zero-order valence-corrected chi connectivity index (χ0v) is 9.85. The highest BCUT2D eigenvalue weighted by molar-refractivity contribution is 4.76. The van der Waals surface area contributed by atoms with E-state index in [1.165, 1.54) is 39.5 Å². The molecule has 0 aromatic rings. The van der Waals surface area contributed by atoms with Crippen LogP contribution in [0.2, 0.25) is 0 Å². The molecule has 2 heteroatoms. The van der Waals surface area contributed by atoms with E-state index in [1.807, 2.05) is 0 Å². The number of hydrogen-bond donors (Lipinski definition) is 1. The van der Waals surface area contributed by atoms with Crippen LogP contribution in [0, 0.1) is 0 Å². The first kappa shape index (κ1) is 13.9. The average Bonchev–Trinajstić information content (AvgIpc) is 2.09. The second-order valence-electron chi connectivity index (χ2n) is 4.68. The van der Waals surface area contributed by atoms with Crippen LogP contribution in [-0.4, -0.2) is 16.9 Å². The molecule has 0 aliphatic heterocycles. The number of rotatable bonds is 8. The Labute approximate surface area is 87.7 Å². The Balaban J connectivity index is 3.28. The van der Waals surface area contributed by atoms with E-state index in [0.29, 0.717) is 6.42 Å². The van der Waals surface area contributed by atoms with Crippen molar-refractivity contribution in [3.05, 3.63) is 0 Å². The molecule has 0 saturated heterocycles. The van der Waals surface area contributed by atoms with Crippen LogP contribution >= 0.6 is 0 Å². The summed E-state index contributed by atoms with van der Waals surface area (Å²) in [5.41, 5.74) is -1.16. The fraction of sp³-hybridized carbons (Fsp3) is 1.00. The summed E-state index contributed by atoms with van der Waals surface area (Å²) in [5, 5.41) is 9.35. The molecule has 14 heavy (non-hydrogen) atoms. The van der Waals surface area contributed by atoms with Crippen molar-refractivity contribution in [2.45, 2.75) is 77.5 Å². The predicted octanol–water partition coefficient (Wildman–Crippen LogP) is 3.85. The van der Waals surface area contributed by atoms with Gasteiger partial charge in [-0.3, -0.25) is 0 Å². The van der Waals surface area contributed by atoms with Gasteiger partial charge in [-0.2, -0.15) is 0 Å². The molecule has 0 fully saturated rings. The third-order valence-electron chi connectivity index (χ3n) is 2.58. The van der Waals surface area contributed by atoms with E-state index < -0.39 is 11.8 Å². The van der Waals surface area contributed by atoms with E-state index in [0.717, 1.165) is 12.8 Å². The Morgan fingerprint density at radius 1 is 1.07 bits per heavy atom. The van der Waals surface area contributed by atoms with Gasteiger partial charge in [0.05, 0.1) is 5.60 Å². The Hall–Kier alpha value is -0.110. The molecule has 0 aliphatic rings. The van der Waals surface area contributed by atoms with E-state index in [9.17, 15) is 9.50 Å². The lowest BCUT2D eigenvalue weighted by atomic mass is 9.97. The summed E-state index contributed by atoms with van der Waals surface area (Å²) in [6, 6.07) is 0. The highest BCUT2D eigenvalue weighted by Gasteiger charge is 2.25. The van der Waals surface area contributed by atoms with Gasteiger partial charge in [0.25, 0.3) is 0 Å². The van der Waals surface area contributed by atoms with Gasteiger partial charge in [0.1, 0.15) is 6.17 Å². The third-order valence-corrected chi connectivity index (χ3v) is 2.58. The van der Waals surface area contributed by atoms with Crippen molar-refractivity contribution in [3.8, 4) is 0 Å². The van der Waals surface area contributed by atoms with E-state index in [-0.39, 0.29) is 0 Å². The van der Waals surface area contributed by atoms with Gasteiger partial charge in [-0.05, 0) is 20.3 Å². The molecule has 1 N–H and O–H groups in total. The molecular formula is C12H25FO. The van der Waals surface area contributed by atoms with Gasteiger partial charge < -0.3 is 5.11 Å². The lowest BCUT2D eigenvalue weighted by Crippen LogP contribution is -2.32. The van der Waals surface area contributed by atoms with E-state index >= 15 is 0 Å². The second-order valence-corrected chi connectivity index (χ2v) is 4.68. The maximum Gasteiger partial charge on any atom is 0.128 e. The van der Waals surface area contributed by atoms with Gasteiger partial charge in [0.15, 0.2) is 0 Å². The van der Waals surface area contributed by atoms with Crippen molar-refractivity contribution in [2.24, 2.45) is 0 Å². The molecule has 0 bridgehead atoms. The summed E-state index contributed by atoms with van der Waals surface area (Å²) in [5.74, 6) is 0. The molecular weight excluding hydrogens is 179 g/mol. The van der Waals surface area contributed by atoms with Gasteiger partial charge in [-0.1, -0.05) is 45.4 Å². The molecule has 0 aromatic heterocycles. The van der Waals surface area contributed by atoms with E-state index in [2.05, 4.69) is 6.92 Å². The van der Waals surface area contributed by atoms with Crippen LogP contribution in [0.25, 0.3) is 0 Å². The highest BCUT2D eigenvalue weighted by Crippen LogP contribution is 2.19. The van der Waals surface area contributed by atoms with Crippen LogP contribution in [-0.2, 0) is 0 Å². The van der Waals surface area contributed by atoms with Crippen LogP contribution in [0.5, 0.6) is 0 Å². The lowest BCUT2D eigenvalue weighted by molar-refractivity contribution is -0.00759. The van der Waals surface area contributed by atoms with Crippen molar-refractivity contribution in [1.82, 2.24) is 0 Å². The van der Waals surface area contributed by atoms with E-state index in [4.69, 9.17) is 0 Å². The number of alkyl halides is 1. The van der Waals surface area contributed by atoms with Crippen LogP contribution in [0.4, 0.5) is 4.39 Å². The Morgan fingerprint density at radius 3 is 2.07 bits per heavy atom. The Morgan fingerprint density at radius 2 is 1.57 bits per heavy atom. The van der Waals surface area contributed by atoms with Crippen molar-refractivity contribution < 1.29 is 9.50 Å². The second kappa shape index (κ2) is 7.22. The molecule has 0 saturated carbocycles. The maximum absolute atomic E-state index is 13.2. The van der Waals surface area contributed by atoms with Crippen molar-refractivity contribution in [3.63, 3.8) is 0 Å². The van der Waals surface area contributed by atoms with Gasteiger partial charge in [-0.15, -0.1) is 0 Å². The quantitative estimate of drug-likeness (QED) is 0.595. The number of hydrogen-bond acceptors (Lipinski definition) is 1. The molecule has 0 spiro atoms. The van der Waals surface area contributed by atoms with Crippen LogP contribution in [0.1, 0.15) is 65.7 Å². The summed E-state index contributed by atoms with van der Waals surface area (Å²) in [4.78, 5) is 0. The van der Waals surface area contributed by atoms with Gasteiger partial charge in [0.2, 0.25) is 0 Å². The van der Waals surface area contributed by atoms with Crippen LogP contribution < -0.4 is 0 Å². The third kappa shape index (κ3) is 7.31. The summed E-state index contributed by atoms with van der Waals surface area (Å²) in [6.45, 7) is 5.26. The zero-order valence-electron chi connectivity index (χ0n) is 9.85. The topological polar surface area (TPSA) is 20.2 Å². The first-order valence-electron chi connectivity index (χ1n) is 5.85. The molecule has 0 unspecified atom stereocenters. The van der Waals surface area contributed by atoms with Crippen molar-refractivity contribution >= 4 is 0 Å². The fourth-order valence-corrected chi connectivity index (χ4v) is 1.46. The number of unbranched alkanes of at least 4 members (excludes halogenated alkanes) is 5. The summed E-state index contributed by atoms with van der Waals surface area (Å²) >= 11 is 0. The predicted molar refractivity (Wildman–Crippen MR) is 59.2 cm³/mol. The number of aliphatic hydroxyl groups is 1. The molecule has 0 rings (SSSR count).